The topological polar surface area (TPSA) is 70.8 Å². The van der Waals surface area contributed by atoms with Crippen molar-refractivity contribution in [3.63, 3.8) is 0 Å². The number of ether oxygens (including phenoxy) is 1. The van der Waals surface area contributed by atoms with Crippen LogP contribution in [-0.2, 0) is 17.8 Å². The molecule has 0 bridgehead atoms. The highest BCUT2D eigenvalue weighted by Crippen LogP contribution is 2.10. The average molecular weight is 372 g/mol. The van der Waals surface area contributed by atoms with Crippen molar-refractivity contribution >= 4 is 5.91 Å². The number of morpholine rings is 1. The average Bonchev–Trinajstić information content (AvgIpc) is 3.15. The Labute approximate surface area is 160 Å². The van der Waals surface area contributed by atoms with Gasteiger partial charge in [0.25, 0.3) is 5.91 Å². The predicted octanol–water partition coefficient (Wildman–Crippen LogP) is 1.76. The van der Waals surface area contributed by atoms with Crippen molar-refractivity contribution in [2.75, 3.05) is 39.9 Å². The molecule has 1 aromatic carbocycles. The largest absolute Gasteiger partial charge is 0.379 e. The molecule has 146 valence electrons. The summed E-state index contributed by atoms with van der Waals surface area (Å²) in [7, 11) is 2.01. The summed E-state index contributed by atoms with van der Waals surface area (Å²) in [6.07, 6.45) is 0. The van der Waals surface area contributed by atoms with Gasteiger partial charge in [0.2, 0.25) is 0 Å². The summed E-state index contributed by atoms with van der Waals surface area (Å²) in [5.74, 6) is 0.482. The number of amides is 1. The number of carbonyl (C=O) groups is 1. The van der Waals surface area contributed by atoms with Crippen molar-refractivity contribution in [2.24, 2.45) is 0 Å². The maximum atomic E-state index is 12.3. The minimum Gasteiger partial charge on any atom is -0.379 e. The van der Waals surface area contributed by atoms with Gasteiger partial charge in [-0.05, 0) is 19.5 Å². The molecule has 1 amide bonds. The summed E-state index contributed by atoms with van der Waals surface area (Å²) in [6, 6.07) is 12.2. The van der Waals surface area contributed by atoms with E-state index in [-0.39, 0.29) is 11.9 Å². The van der Waals surface area contributed by atoms with Crippen molar-refractivity contribution in [2.45, 2.75) is 26.1 Å². The van der Waals surface area contributed by atoms with E-state index in [9.17, 15) is 4.79 Å². The Morgan fingerprint density at radius 1 is 1.26 bits per heavy atom. The maximum absolute atomic E-state index is 12.3. The van der Waals surface area contributed by atoms with Gasteiger partial charge in [0.15, 0.2) is 11.5 Å². The zero-order valence-corrected chi connectivity index (χ0v) is 16.1. The smallest absolute Gasteiger partial charge is 0.273 e. The Kier molecular flexibility index (Phi) is 6.98. The normalized spacial score (nSPS) is 16.4. The van der Waals surface area contributed by atoms with Crippen LogP contribution in [0, 0.1) is 0 Å². The fourth-order valence-electron chi connectivity index (χ4n) is 3.19. The molecule has 3 rings (SSSR count). The summed E-state index contributed by atoms with van der Waals surface area (Å²) in [5, 5.41) is 6.86. The molecule has 7 nitrogen and oxygen atoms in total. The van der Waals surface area contributed by atoms with Crippen LogP contribution in [0.2, 0.25) is 0 Å². The van der Waals surface area contributed by atoms with Crippen LogP contribution in [0.1, 0.15) is 28.7 Å². The summed E-state index contributed by atoms with van der Waals surface area (Å²) in [5.41, 5.74) is 1.56. The van der Waals surface area contributed by atoms with Crippen LogP contribution in [0.15, 0.2) is 40.9 Å². The standard InChI is InChI=1S/C20H28N4O3/c1-16(24-8-10-26-11-9-24)13-21-20(25)19-12-18(27-22-19)15-23(2)14-17-6-4-3-5-7-17/h3-7,12,16H,8-11,13-15H2,1-2H3,(H,21,25)/t16-/m1/s1. The third kappa shape index (κ3) is 5.89. The van der Waals surface area contributed by atoms with E-state index in [1.165, 1.54) is 5.56 Å². The van der Waals surface area contributed by atoms with Crippen LogP contribution in [-0.4, -0.2) is 66.8 Å². The molecule has 7 heteroatoms. The van der Waals surface area contributed by atoms with Gasteiger partial charge < -0.3 is 14.6 Å². The number of nitrogens with one attached hydrogen (secondary N) is 1. The van der Waals surface area contributed by atoms with Crippen LogP contribution < -0.4 is 5.32 Å². The first-order valence-corrected chi connectivity index (χ1v) is 9.40. The van der Waals surface area contributed by atoms with Crippen molar-refractivity contribution in [1.29, 1.82) is 0 Å². The molecule has 1 saturated heterocycles. The quantitative estimate of drug-likeness (QED) is 0.761. The molecule has 2 heterocycles. The Morgan fingerprint density at radius 2 is 2.00 bits per heavy atom. The van der Waals surface area contributed by atoms with E-state index in [1.807, 2.05) is 25.2 Å². The second kappa shape index (κ2) is 9.64. The summed E-state index contributed by atoms with van der Waals surface area (Å²) in [4.78, 5) is 16.8. The summed E-state index contributed by atoms with van der Waals surface area (Å²) < 4.78 is 10.7. The second-order valence-electron chi connectivity index (χ2n) is 7.04. The van der Waals surface area contributed by atoms with Gasteiger partial charge in [-0.1, -0.05) is 35.5 Å². The summed E-state index contributed by atoms with van der Waals surface area (Å²) >= 11 is 0. The van der Waals surface area contributed by atoms with Crippen molar-refractivity contribution in [3.05, 3.63) is 53.4 Å². The third-order valence-electron chi connectivity index (χ3n) is 4.74. The van der Waals surface area contributed by atoms with Crippen LogP contribution in [0.3, 0.4) is 0 Å². The van der Waals surface area contributed by atoms with Crippen LogP contribution in [0.4, 0.5) is 0 Å². The number of aromatic nitrogens is 1. The third-order valence-corrected chi connectivity index (χ3v) is 4.74. The Balaban J connectivity index is 1.45. The van der Waals surface area contributed by atoms with Gasteiger partial charge in [0, 0.05) is 38.3 Å². The SMILES string of the molecule is C[C@H](CNC(=O)c1cc(CN(C)Cc2ccccc2)on1)N1CCOCC1. The summed E-state index contributed by atoms with van der Waals surface area (Å²) in [6.45, 7) is 7.40. The second-order valence-corrected chi connectivity index (χ2v) is 7.04. The number of hydrogen-bond donors (Lipinski definition) is 1. The molecule has 27 heavy (non-hydrogen) atoms. The molecule has 1 aliphatic heterocycles. The molecule has 1 N–H and O–H groups in total. The first kappa shape index (κ1) is 19.5. The number of carbonyl (C=O) groups excluding carboxylic acids is 1. The Hall–Kier alpha value is -2.22. The fraction of sp³-hybridized carbons (Fsp3) is 0.500. The molecule has 0 unspecified atom stereocenters. The van der Waals surface area contributed by atoms with E-state index in [2.05, 4.69) is 39.3 Å². The predicted molar refractivity (Wildman–Crippen MR) is 102 cm³/mol. The van der Waals surface area contributed by atoms with Crippen molar-refractivity contribution in [1.82, 2.24) is 20.3 Å². The van der Waals surface area contributed by atoms with E-state index in [0.29, 0.717) is 24.5 Å². The van der Waals surface area contributed by atoms with E-state index in [4.69, 9.17) is 9.26 Å². The van der Waals surface area contributed by atoms with Crippen LogP contribution in [0.25, 0.3) is 0 Å². The first-order valence-electron chi connectivity index (χ1n) is 9.40. The van der Waals surface area contributed by atoms with Gasteiger partial charge in [0.05, 0.1) is 19.8 Å². The lowest BCUT2D eigenvalue weighted by Gasteiger charge is -2.32. The lowest BCUT2D eigenvalue weighted by Crippen LogP contribution is -2.47. The lowest BCUT2D eigenvalue weighted by molar-refractivity contribution is 0.0204. The minimum absolute atomic E-state index is 0.198. The molecule has 0 spiro atoms. The minimum atomic E-state index is -0.198. The maximum Gasteiger partial charge on any atom is 0.273 e. The highest BCUT2D eigenvalue weighted by molar-refractivity contribution is 5.92. The van der Waals surface area contributed by atoms with E-state index >= 15 is 0 Å². The number of nitrogens with zero attached hydrogens (tertiary/aromatic N) is 3. The molecule has 1 fully saturated rings. The van der Waals surface area contributed by atoms with Gasteiger partial charge in [-0.3, -0.25) is 14.6 Å². The number of rotatable bonds is 8. The van der Waals surface area contributed by atoms with Crippen molar-refractivity contribution in [3.8, 4) is 0 Å². The zero-order valence-electron chi connectivity index (χ0n) is 16.1. The molecule has 2 aromatic rings. The van der Waals surface area contributed by atoms with E-state index < -0.39 is 0 Å². The Bertz CT molecular complexity index is 713. The van der Waals surface area contributed by atoms with Gasteiger partial charge in [-0.15, -0.1) is 0 Å². The molecule has 0 saturated carbocycles. The highest BCUT2D eigenvalue weighted by Gasteiger charge is 2.19. The number of hydrogen-bond acceptors (Lipinski definition) is 6. The van der Waals surface area contributed by atoms with Gasteiger partial charge >= 0.3 is 0 Å². The van der Waals surface area contributed by atoms with E-state index in [0.717, 1.165) is 32.8 Å². The Morgan fingerprint density at radius 3 is 2.74 bits per heavy atom. The highest BCUT2D eigenvalue weighted by atomic mass is 16.5. The monoisotopic (exact) mass is 372 g/mol. The number of benzene rings is 1. The molecule has 0 aliphatic carbocycles. The fourth-order valence-corrected chi connectivity index (χ4v) is 3.19. The van der Waals surface area contributed by atoms with Gasteiger partial charge in [-0.25, -0.2) is 0 Å². The first-order chi connectivity index (χ1) is 13.1. The zero-order chi connectivity index (χ0) is 19.1. The molecule has 1 atom stereocenters. The van der Waals surface area contributed by atoms with Gasteiger partial charge in [0.1, 0.15) is 0 Å². The molecule has 1 aliphatic rings. The molecule has 1 aromatic heterocycles. The molecular formula is C20H28N4O3. The lowest BCUT2D eigenvalue weighted by atomic mass is 10.2. The van der Waals surface area contributed by atoms with E-state index in [1.54, 1.807) is 6.07 Å². The van der Waals surface area contributed by atoms with Gasteiger partial charge in [-0.2, -0.15) is 0 Å². The van der Waals surface area contributed by atoms with Crippen molar-refractivity contribution < 1.29 is 14.1 Å². The van der Waals surface area contributed by atoms with Crippen LogP contribution >= 0.6 is 0 Å². The molecule has 0 radical (unpaired) electrons. The molecular weight excluding hydrogens is 344 g/mol. The van der Waals surface area contributed by atoms with Crippen LogP contribution in [0.5, 0.6) is 0 Å².